The molecule has 0 bridgehead atoms. The topological polar surface area (TPSA) is 208 Å². The molecular formula is C21H30N4O8. The molecule has 0 spiro atoms. The quantitative estimate of drug-likeness (QED) is 0.175. The van der Waals surface area contributed by atoms with Crippen LogP contribution in [0, 0.1) is 5.92 Å². The Labute approximate surface area is 190 Å². The minimum Gasteiger partial charge on any atom is -0.481 e. The summed E-state index contributed by atoms with van der Waals surface area (Å²) in [7, 11) is 0. The van der Waals surface area contributed by atoms with E-state index >= 15 is 0 Å². The third-order valence-electron chi connectivity index (χ3n) is 4.75. The monoisotopic (exact) mass is 466 g/mol. The number of carboxylic acids is 2. The molecule has 0 aliphatic rings. The number of carboxylic acid groups (broad SMARTS) is 2. The SMILES string of the molecule is CC(C)C(N)C(=O)NC(Cc1ccccc1)C(=O)NC(CO)C(=O)NC(CC(=O)O)C(=O)O. The maximum atomic E-state index is 12.9. The highest BCUT2D eigenvalue weighted by atomic mass is 16.4. The van der Waals surface area contributed by atoms with Crippen molar-refractivity contribution in [3.8, 4) is 0 Å². The molecule has 12 heteroatoms. The van der Waals surface area contributed by atoms with Crippen LogP contribution >= 0.6 is 0 Å². The molecule has 0 saturated carbocycles. The van der Waals surface area contributed by atoms with E-state index in [1.54, 1.807) is 44.2 Å². The number of aliphatic hydroxyl groups excluding tert-OH is 1. The lowest BCUT2D eigenvalue weighted by molar-refractivity contribution is -0.147. The minimum atomic E-state index is -1.76. The number of benzene rings is 1. The van der Waals surface area contributed by atoms with Crippen molar-refractivity contribution >= 4 is 29.7 Å². The summed E-state index contributed by atoms with van der Waals surface area (Å²) >= 11 is 0. The predicted molar refractivity (Wildman–Crippen MR) is 116 cm³/mol. The van der Waals surface area contributed by atoms with E-state index in [2.05, 4.69) is 10.6 Å². The molecule has 0 heterocycles. The molecule has 3 amide bonds. The molecular weight excluding hydrogens is 436 g/mol. The number of carbonyl (C=O) groups excluding carboxylic acids is 3. The van der Waals surface area contributed by atoms with Crippen molar-refractivity contribution in [1.82, 2.24) is 16.0 Å². The fraction of sp³-hybridized carbons (Fsp3) is 0.476. The molecule has 1 rings (SSSR count). The van der Waals surface area contributed by atoms with Gasteiger partial charge in [0.05, 0.1) is 19.1 Å². The van der Waals surface area contributed by atoms with Gasteiger partial charge in [-0.25, -0.2) is 4.79 Å². The largest absolute Gasteiger partial charge is 0.481 e. The second kappa shape index (κ2) is 13.1. The molecule has 1 aromatic carbocycles. The zero-order chi connectivity index (χ0) is 25.1. The highest BCUT2D eigenvalue weighted by Crippen LogP contribution is 2.06. The van der Waals surface area contributed by atoms with Crippen LogP contribution in [0.3, 0.4) is 0 Å². The maximum Gasteiger partial charge on any atom is 0.326 e. The van der Waals surface area contributed by atoms with E-state index < -0.39 is 66.9 Å². The molecule has 4 unspecified atom stereocenters. The Morgan fingerprint density at radius 2 is 1.36 bits per heavy atom. The van der Waals surface area contributed by atoms with Gasteiger partial charge in [0.1, 0.15) is 18.1 Å². The van der Waals surface area contributed by atoms with Gasteiger partial charge in [-0.05, 0) is 11.5 Å². The summed E-state index contributed by atoms with van der Waals surface area (Å²) in [6.45, 7) is 2.58. The van der Waals surface area contributed by atoms with Gasteiger partial charge in [0.25, 0.3) is 0 Å². The summed E-state index contributed by atoms with van der Waals surface area (Å²) in [5, 5.41) is 34.2. The molecule has 0 radical (unpaired) electrons. The Kier molecular flexibility index (Phi) is 11.0. The molecule has 33 heavy (non-hydrogen) atoms. The number of hydrogen-bond acceptors (Lipinski definition) is 7. The molecule has 182 valence electrons. The summed E-state index contributed by atoms with van der Waals surface area (Å²) in [6, 6.07) is 3.33. The van der Waals surface area contributed by atoms with E-state index in [1.807, 2.05) is 5.32 Å². The van der Waals surface area contributed by atoms with Gasteiger partial charge in [-0.1, -0.05) is 44.2 Å². The normalized spacial score (nSPS) is 14.5. The molecule has 12 nitrogen and oxygen atoms in total. The highest BCUT2D eigenvalue weighted by molar-refractivity contribution is 5.94. The Morgan fingerprint density at radius 3 is 1.85 bits per heavy atom. The predicted octanol–water partition coefficient (Wildman–Crippen LogP) is -1.78. The van der Waals surface area contributed by atoms with Crippen LogP contribution in [0.5, 0.6) is 0 Å². The average molecular weight is 466 g/mol. The zero-order valence-corrected chi connectivity index (χ0v) is 18.4. The van der Waals surface area contributed by atoms with E-state index in [0.29, 0.717) is 5.56 Å². The number of carbonyl (C=O) groups is 5. The molecule has 1 aromatic rings. The van der Waals surface area contributed by atoms with Crippen LogP contribution in [0.2, 0.25) is 0 Å². The van der Waals surface area contributed by atoms with Crippen molar-refractivity contribution in [2.24, 2.45) is 11.7 Å². The Hall–Kier alpha value is -3.51. The number of nitrogens with one attached hydrogen (secondary N) is 3. The standard InChI is InChI=1S/C21H30N4O8/c1-11(2)17(22)20(31)23-13(8-12-6-4-3-5-7-12)18(29)25-15(10-26)19(30)24-14(21(32)33)9-16(27)28/h3-7,11,13-15,17,26H,8-10,22H2,1-2H3,(H,23,31)(H,24,30)(H,25,29)(H,27,28)(H,32,33). The highest BCUT2D eigenvalue weighted by Gasteiger charge is 2.31. The Morgan fingerprint density at radius 1 is 0.848 bits per heavy atom. The van der Waals surface area contributed by atoms with Gasteiger partial charge in [0.2, 0.25) is 17.7 Å². The first-order chi connectivity index (χ1) is 15.5. The van der Waals surface area contributed by atoms with Gasteiger partial charge in [0.15, 0.2) is 0 Å². The first kappa shape index (κ1) is 27.5. The molecule has 0 fully saturated rings. The van der Waals surface area contributed by atoms with Crippen LogP contribution in [0.15, 0.2) is 30.3 Å². The molecule has 0 aromatic heterocycles. The molecule has 4 atom stereocenters. The van der Waals surface area contributed by atoms with Crippen LogP contribution in [-0.2, 0) is 30.4 Å². The van der Waals surface area contributed by atoms with Gasteiger partial charge in [-0.2, -0.15) is 0 Å². The second-order valence-electron chi connectivity index (χ2n) is 7.76. The number of nitrogens with two attached hydrogens (primary N) is 1. The van der Waals surface area contributed by atoms with Crippen LogP contribution in [0.1, 0.15) is 25.8 Å². The summed E-state index contributed by atoms with van der Waals surface area (Å²) in [6.07, 6.45) is -0.841. The third kappa shape index (κ3) is 9.25. The molecule has 0 aliphatic heterocycles. The molecule has 0 aliphatic carbocycles. The second-order valence-corrected chi connectivity index (χ2v) is 7.76. The van der Waals surface area contributed by atoms with Crippen molar-refractivity contribution < 1.29 is 39.3 Å². The fourth-order valence-electron chi connectivity index (χ4n) is 2.74. The van der Waals surface area contributed by atoms with Gasteiger partial charge in [-0.15, -0.1) is 0 Å². The van der Waals surface area contributed by atoms with Crippen LogP contribution in [-0.4, -0.2) is 75.8 Å². The van der Waals surface area contributed by atoms with Crippen LogP contribution in [0.25, 0.3) is 0 Å². The summed E-state index contributed by atoms with van der Waals surface area (Å²) < 4.78 is 0. The number of aliphatic hydroxyl groups is 1. The van der Waals surface area contributed by atoms with Crippen molar-refractivity contribution in [2.75, 3.05) is 6.61 Å². The molecule has 8 N–H and O–H groups in total. The summed E-state index contributed by atoms with van der Waals surface area (Å²) in [5.41, 5.74) is 6.55. The van der Waals surface area contributed by atoms with Gasteiger partial charge in [-0.3, -0.25) is 19.2 Å². The van der Waals surface area contributed by atoms with Gasteiger partial charge < -0.3 is 37.0 Å². The van der Waals surface area contributed by atoms with Crippen molar-refractivity contribution in [3.05, 3.63) is 35.9 Å². The van der Waals surface area contributed by atoms with Crippen molar-refractivity contribution in [2.45, 2.75) is 50.9 Å². The van der Waals surface area contributed by atoms with Crippen LogP contribution < -0.4 is 21.7 Å². The third-order valence-corrected chi connectivity index (χ3v) is 4.75. The lowest BCUT2D eigenvalue weighted by Gasteiger charge is -2.25. The summed E-state index contributed by atoms with van der Waals surface area (Å²) in [5.74, 6) is -5.75. The van der Waals surface area contributed by atoms with Crippen LogP contribution in [0.4, 0.5) is 0 Å². The van der Waals surface area contributed by atoms with E-state index in [4.69, 9.17) is 15.9 Å². The van der Waals surface area contributed by atoms with E-state index in [-0.39, 0.29) is 12.3 Å². The fourth-order valence-corrected chi connectivity index (χ4v) is 2.74. The van der Waals surface area contributed by atoms with E-state index in [1.165, 1.54) is 0 Å². The number of hydrogen-bond donors (Lipinski definition) is 7. The van der Waals surface area contributed by atoms with Crippen molar-refractivity contribution in [3.63, 3.8) is 0 Å². The Bertz CT molecular complexity index is 846. The van der Waals surface area contributed by atoms with Gasteiger partial charge in [0, 0.05) is 6.42 Å². The first-order valence-electron chi connectivity index (χ1n) is 10.2. The van der Waals surface area contributed by atoms with E-state index in [9.17, 15) is 29.1 Å². The molecule has 0 saturated heterocycles. The van der Waals surface area contributed by atoms with E-state index in [0.717, 1.165) is 0 Å². The lowest BCUT2D eigenvalue weighted by atomic mass is 10.0. The lowest BCUT2D eigenvalue weighted by Crippen LogP contribution is -2.59. The number of rotatable bonds is 13. The van der Waals surface area contributed by atoms with Crippen molar-refractivity contribution in [1.29, 1.82) is 0 Å². The smallest absolute Gasteiger partial charge is 0.326 e. The van der Waals surface area contributed by atoms with Gasteiger partial charge >= 0.3 is 11.9 Å². The summed E-state index contributed by atoms with van der Waals surface area (Å²) in [4.78, 5) is 59.6. The first-order valence-corrected chi connectivity index (χ1v) is 10.2. The zero-order valence-electron chi connectivity index (χ0n) is 18.4. The number of aliphatic carboxylic acids is 2. The maximum absolute atomic E-state index is 12.9. The number of amides is 3. The minimum absolute atomic E-state index is 0.0553. The Balaban J connectivity index is 2.99. The average Bonchev–Trinajstić information content (AvgIpc) is 2.75.